The Hall–Kier alpha value is -5.56. The number of rotatable bonds is 11. The number of carbonyl (C=O) groups excluding carboxylic acids is 2. The predicted octanol–water partition coefficient (Wildman–Crippen LogP) is 10.2. The van der Waals surface area contributed by atoms with Gasteiger partial charge >= 0.3 is 11.9 Å². The normalized spacial score (nSPS) is 11.8. The molecule has 6 aromatic rings. The second-order valence-electron chi connectivity index (χ2n) is 11.3. The van der Waals surface area contributed by atoms with E-state index in [1.165, 1.54) is 14.2 Å². The smallest absolute Gasteiger partial charge is 0.337 e. The van der Waals surface area contributed by atoms with Crippen molar-refractivity contribution in [2.24, 2.45) is 0 Å². The van der Waals surface area contributed by atoms with E-state index >= 15 is 0 Å². The molecule has 0 aliphatic carbocycles. The van der Waals surface area contributed by atoms with Crippen LogP contribution in [0.3, 0.4) is 0 Å². The standard InChI is InChI=1S/C42H32Cl2O6/c1-47-41(45)31(23-27-11-17-33(43)18-12-27)25-49-37-21-15-29-7-3-5-9-35(29)39(37)40-36-10-6-4-8-30(36)16-22-38(40)50-26-32(42(46)48-2)24-28-13-19-34(44)20-14-28/h3-24H,25-26H2,1-2H3/b31-23-,32-24-. The van der Waals surface area contributed by atoms with Crippen molar-refractivity contribution in [2.75, 3.05) is 27.4 Å². The molecule has 0 atom stereocenters. The Kier molecular flexibility index (Phi) is 10.8. The molecule has 0 saturated carbocycles. The highest BCUT2D eigenvalue weighted by Gasteiger charge is 2.21. The average molecular weight is 704 g/mol. The Balaban J connectivity index is 1.46. The molecule has 0 saturated heterocycles. The number of hydrogen-bond acceptors (Lipinski definition) is 6. The number of carbonyl (C=O) groups is 2. The van der Waals surface area contributed by atoms with Crippen LogP contribution in [0.2, 0.25) is 10.0 Å². The maximum absolute atomic E-state index is 12.9. The van der Waals surface area contributed by atoms with Gasteiger partial charge in [0.15, 0.2) is 0 Å². The largest absolute Gasteiger partial charge is 0.488 e. The molecule has 6 rings (SSSR count). The number of fused-ring (bicyclic) bond motifs is 2. The van der Waals surface area contributed by atoms with Crippen LogP contribution in [-0.4, -0.2) is 39.4 Å². The molecule has 6 nitrogen and oxygen atoms in total. The Bertz CT molecular complexity index is 2080. The minimum atomic E-state index is -0.515. The summed E-state index contributed by atoms with van der Waals surface area (Å²) in [5.74, 6) is 0.0278. The van der Waals surface area contributed by atoms with Crippen molar-refractivity contribution in [1.82, 2.24) is 0 Å². The van der Waals surface area contributed by atoms with Crippen molar-refractivity contribution in [1.29, 1.82) is 0 Å². The maximum Gasteiger partial charge on any atom is 0.337 e. The van der Waals surface area contributed by atoms with Crippen molar-refractivity contribution in [3.05, 3.63) is 154 Å². The minimum absolute atomic E-state index is 0.0715. The molecule has 0 N–H and O–H groups in total. The first-order chi connectivity index (χ1) is 24.3. The zero-order chi connectivity index (χ0) is 35.0. The second kappa shape index (κ2) is 15.8. The first-order valence-corrected chi connectivity index (χ1v) is 16.5. The summed E-state index contributed by atoms with van der Waals surface area (Å²) >= 11 is 12.2. The predicted molar refractivity (Wildman–Crippen MR) is 201 cm³/mol. The van der Waals surface area contributed by atoms with Gasteiger partial charge in [-0.15, -0.1) is 0 Å². The third-order valence-corrected chi connectivity index (χ3v) is 8.62. The van der Waals surface area contributed by atoms with Crippen LogP contribution in [-0.2, 0) is 19.1 Å². The van der Waals surface area contributed by atoms with E-state index in [4.69, 9.17) is 42.1 Å². The monoisotopic (exact) mass is 702 g/mol. The van der Waals surface area contributed by atoms with Crippen LogP contribution < -0.4 is 9.47 Å². The molecular weight excluding hydrogens is 671 g/mol. The van der Waals surface area contributed by atoms with Gasteiger partial charge in [-0.2, -0.15) is 0 Å². The van der Waals surface area contributed by atoms with Gasteiger partial charge < -0.3 is 18.9 Å². The lowest BCUT2D eigenvalue weighted by atomic mass is 9.92. The summed E-state index contributed by atoms with van der Waals surface area (Å²) in [6, 6.07) is 38.0. The van der Waals surface area contributed by atoms with Crippen molar-refractivity contribution in [3.63, 3.8) is 0 Å². The minimum Gasteiger partial charge on any atom is -0.488 e. The lowest BCUT2D eigenvalue weighted by Crippen LogP contribution is -2.14. The van der Waals surface area contributed by atoms with Crippen LogP contribution in [0.1, 0.15) is 11.1 Å². The number of hydrogen-bond donors (Lipinski definition) is 0. The maximum atomic E-state index is 12.9. The van der Waals surface area contributed by atoms with Gasteiger partial charge in [0, 0.05) is 21.2 Å². The zero-order valence-corrected chi connectivity index (χ0v) is 28.8. The first kappa shape index (κ1) is 34.3. The summed E-state index contributed by atoms with van der Waals surface area (Å²) in [4.78, 5) is 25.8. The molecule has 0 aliphatic heterocycles. The molecule has 0 radical (unpaired) electrons. The lowest BCUT2D eigenvalue weighted by Gasteiger charge is -2.20. The van der Waals surface area contributed by atoms with E-state index in [1.54, 1.807) is 36.4 Å². The first-order valence-electron chi connectivity index (χ1n) is 15.7. The van der Waals surface area contributed by atoms with Crippen LogP contribution in [0.25, 0.3) is 44.8 Å². The van der Waals surface area contributed by atoms with E-state index in [2.05, 4.69) is 0 Å². The summed E-state index contributed by atoms with van der Waals surface area (Å²) in [6.07, 6.45) is 3.44. The summed E-state index contributed by atoms with van der Waals surface area (Å²) in [5, 5.41) is 4.97. The molecule has 6 aromatic carbocycles. The molecule has 0 heterocycles. The number of methoxy groups -OCH3 is 2. The highest BCUT2D eigenvalue weighted by atomic mass is 35.5. The summed E-state index contributed by atoms with van der Waals surface area (Å²) in [7, 11) is 2.67. The van der Waals surface area contributed by atoms with Gasteiger partial charge in [0.05, 0.1) is 25.4 Å². The molecule has 0 unspecified atom stereocenters. The Morgan fingerprint density at radius 1 is 0.520 bits per heavy atom. The van der Waals surface area contributed by atoms with Crippen LogP contribution >= 0.6 is 23.2 Å². The van der Waals surface area contributed by atoms with Crippen LogP contribution in [0.4, 0.5) is 0 Å². The van der Waals surface area contributed by atoms with E-state index < -0.39 is 11.9 Å². The summed E-state index contributed by atoms with van der Waals surface area (Å²) in [5.41, 5.74) is 3.72. The number of ether oxygens (including phenoxy) is 4. The fraction of sp³-hybridized carbons (Fsp3) is 0.0952. The highest BCUT2D eigenvalue weighted by Crippen LogP contribution is 2.45. The molecule has 250 valence electrons. The van der Waals surface area contributed by atoms with Crippen molar-refractivity contribution >= 4 is 68.8 Å². The summed E-state index contributed by atoms with van der Waals surface area (Å²) in [6.45, 7) is -0.143. The van der Waals surface area contributed by atoms with Gasteiger partial charge in [-0.05, 0) is 81.2 Å². The van der Waals surface area contributed by atoms with Gasteiger partial charge in [-0.25, -0.2) is 9.59 Å². The fourth-order valence-corrected chi connectivity index (χ4v) is 5.92. The van der Waals surface area contributed by atoms with E-state index in [9.17, 15) is 9.59 Å². The average Bonchev–Trinajstić information content (AvgIpc) is 3.15. The SMILES string of the molecule is COC(=O)/C(=C\c1ccc(Cl)cc1)COc1ccc2ccccc2c1-c1c(OC/C(=C/c2ccc(Cl)cc2)C(=O)OC)ccc2ccccc12. The van der Waals surface area contributed by atoms with Gasteiger partial charge in [0.2, 0.25) is 0 Å². The Morgan fingerprint density at radius 2 is 0.900 bits per heavy atom. The third-order valence-electron chi connectivity index (χ3n) is 8.11. The van der Waals surface area contributed by atoms with Crippen LogP contribution in [0, 0.1) is 0 Å². The number of halogens is 2. The Morgan fingerprint density at radius 3 is 1.28 bits per heavy atom. The van der Waals surface area contributed by atoms with Gasteiger partial charge in [0.25, 0.3) is 0 Å². The third kappa shape index (κ3) is 7.84. The summed E-state index contributed by atoms with van der Waals surface area (Å²) < 4.78 is 23.2. The van der Waals surface area contributed by atoms with Crippen LogP contribution in [0.5, 0.6) is 11.5 Å². The Labute approximate surface area is 300 Å². The number of esters is 2. The van der Waals surface area contributed by atoms with E-state index in [0.29, 0.717) is 32.7 Å². The van der Waals surface area contributed by atoms with E-state index in [1.807, 2.05) is 97.1 Å². The van der Waals surface area contributed by atoms with Crippen molar-refractivity contribution in [3.8, 4) is 22.6 Å². The van der Waals surface area contributed by atoms with Gasteiger partial charge in [-0.3, -0.25) is 0 Å². The van der Waals surface area contributed by atoms with Crippen molar-refractivity contribution in [2.45, 2.75) is 0 Å². The lowest BCUT2D eigenvalue weighted by molar-refractivity contribution is -0.137. The molecule has 0 spiro atoms. The molecule has 0 fully saturated rings. The van der Waals surface area contributed by atoms with Crippen molar-refractivity contribution < 1.29 is 28.5 Å². The topological polar surface area (TPSA) is 71.1 Å². The molecule has 8 heteroatoms. The van der Waals surface area contributed by atoms with Gasteiger partial charge in [-0.1, -0.05) is 108 Å². The zero-order valence-electron chi connectivity index (χ0n) is 27.3. The molecule has 0 bridgehead atoms. The van der Waals surface area contributed by atoms with Crippen LogP contribution in [0.15, 0.2) is 132 Å². The second-order valence-corrected chi connectivity index (χ2v) is 12.2. The quantitative estimate of drug-likeness (QED) is 0.0988. The van der Waals surface area contributed by atoms with Gasteiger partial charge in [0.1, 0.15) is 24.7 Å². The fourth-order valence-electron chi connectivity index (χ4n) is 5.67. The molecule has 0 aromatic heterocycles. The molecule has 0 aliphatic rings. The molecular formula is C42H32Cl2O6. The van der Waals surface area contributed by atoms with E-state index in [-0.39, 0.29) is 13.2 Å². The number of benzene rings is 6. The molecule has 50 heavy (non-hydrogen) atoms. The highest BCUT2D eigenvalue weighted by molar-refractivity contribution is 6.30. The van der Waals surface area contributed by atoms with E-state index in [0.717, 1.165) is 43.8 Å². The molecule has 0 amide bonds.